The van der Waals surface area contributed by atoms with Crippen LogP contribution in [0.2, 0.25) is 0 Å². The maximum absolute atomic E-state index is 2.82. The van der Waals surface area contributed by atoms with Gasteiger partial charge in [0.1, 0.15) is 0 Å². The number of nitrogens with zero attached hydrogens (tertiary/aromatic N) is 3. The van der Waals surface area contributed by atoms with Crippen LogP contribution in [0.15, 0.2) is 127 Å². The van der Waals surface area contributed by atoms with E-state index < -0.39 is 0 Å². The van der Waals surface area contributed by atoms with Crippen molar-refractivity contribution in [2.24, 2.45) is 0 Å². The van der Waals surface area contributed by atoms with Crippen molar-refractivity contribution in [3.63, 3.8) is 0 Å². The van der Waals surface area contributed by atoms with Gasteiger partial charge in [0.05, 0.1) is 11.2 Å². The van der Waals surface area contributed by atoms with Gasteiger partial charge in [-0.15, -0.1) is 0 Å². The molecule has 0 N–H and O–H groups in total. The molecule has 7 aromatic rings. The summed E-state index contributed by atoms with van der Waals surface area (Å²) in [6.07, 6.45) is 9.57. The molecule has 1 saturated carbocycles. The molecule has 0 amide bonds. The van der Waals surface area contributed by atoms with E-state index in [2.05, 4.69) is 260 Å². The summed E-state index contributed by atoms with van der Waals surface area (Å²) >= 11 is 0. The Balaban J connectivity index is 1.14. The second-order valence-corrected chi connectivity index (χ2v) is 30.8. The van der Waals surface area contributed by atoms with E-state index in [1.165, 1.54) is 162 Å². The quantitative estimate of drug-likeness (QED) is 0.163. The summed E-state index contributed by atoms with van der Waals surface area (Å²) in [5.74, 6) is 0. The van der Waals surface area contributed by atoms with Crippen molar-refractivity contribution in [1.29, 1.82) is 0 Å². The predicted molar refractivity (Wildman–Crippen MR) is 341 cm³/mol. The highest BCUT2D eigenvalue weighted by Gasteiger charge is 2.58. The lowest BCUT2D eigenvalue weighted by atomic mass is 9.33. The van der Waals surface area contributed by atoms with E-state index in [1.54, 1.807) is 0 Å². The van der Waals surface area contributed by atoms with Crippen LogP contribution in [0.3, 0.4) is 0 Å². The Labute approximate surface area is 476 Å². The molecule has 79 heavy (non-hydrogen) atoms. The molecule has 3 nitrogen and oxygen atoms in total. The lowest BCUT2D eigenvalue weighted by Gasteiger charge is -2.51. The number of hydrogen-bond donors (Lipinski definition) is 0. The van der Waals surface area contributed by atoms with E-state index in [1.807, 2.05) is 0 Å². The molecule has 2 unspecified atom stereocenters. The zero-order valence-corrected chi connectivity index (χ0v) is 51.2. The number of anilines is 8. The van der Waals surface area contributed by atoms with Gasteiger partial charge in [0, 0.05) is 50.8 Å². The molecule has 4 heteroatoms. The molecule has 13 rings (SSSR count). The van der Waals surface area contributed by atoms with Crippen LogP contribution in [-0.2, 0) is 37.9 Å². The van der Waals surface area contributed by atoms with Crippen LogP contribution in [0, 0.1) is 6.92 Å². The first kappa shape index (κ1) is 52.4. The number of benzene rings is 7. The summed E-state index contributed by atoms with van der Waals surface area (Å²) in [4.78, 5) is 8.27. The Hall–Kier alpha value is -6.00. The van der Waals surface area contributed by atoms with Gasteiger partial charge in [0.25, 0.3) is 6.71 Å². The summed E-state index contributed by atoms with van der Waals surface area (Å²) < 4.78 is 0. The van der Waals surface area contributed by atoms with Crippen LogP contribution in [0.5, 0.6) is 0 Å². The minimum atomic E-state index is -0.100. The fourth-order valence-electron chi connectivity index (χ4n) is 16.2. The maximum Gasteiger partial charge on any atom is 0.252 e. The van der Waals surface area contributed by atoms with Gasteiger partial charge in [-0.1, -0.05) is 183 Å². The largest absolute Gasteiger partial charge is 0.334 e. The molecular weight excluding hydrogens is 954 g/mol. The maximum atomic E-state index is 2.82. The number of fused-ring (bicyclic) bond motifs is 9. The molecule has 3 aliphatic carbocycles. The van der Waals surface area contributed by atoms with Crippen molar-refractivity contribution < 1.29 is 0 Å². The minimum Gasteiger partial charge on any atom is -0.334 e. The highest BCUT2D eigenvalue weighted by molar-refractivity contribution is 7.00. The Morgan fingerprint density at radius 3 is 1.59 bits per heavy atom. The fourth-order valence-corrected chi connectivity index (χ4v) is 16.2. The third-order valence-electron chi connectivity index (χ3n) is 21.7. The van der Waals surface area contributed by atoms with Gasteiger partial charge in [-0.05, 0) is 212 Å². The normalized spacial score (nSPS) is 22.7. The molecule has 0 spiro atoms. The van der Waals surface area contributed by atoms with Crippen molar-refractivity contribution in [1.82, 2.24) is 0 Å². The average molecular weight is 1040 g/mol. The van der Waals surface area contributed by atoms with E-state index in [-0.39, 0.29) is 50.2 Å². The molecule has 6 aliphatic rings. The monoisotopic (exact) mass is 1040 g/mol. The first-order valence-electron chi connectivity index (χ1n) is 30.4. The first-order chi connectivity index (χ1) is 37.0. The Kier molecular flexibility index (Phi) is 11.3. The third-order valence-corrected chi connectivity index (χ3v) is 21.7. The van der Waals surface area contributed by atoms with Crippen LogP contribution < -0.4 is 31.1 Å². The smallest absolute Gasteiger partial charge is 0.252 e. The average Bonchev–Trinajstić information content (AvgIpc) is 3.45. The lowest BCUT2D eigenvalue weighted by molar-refractivity contribution is 0.195. The van der Waals surface area contributed by atoms with Gasteiger partial charge in [-0.25, -0.2) is 0 Å². The van der Waals surface area contributed by atoms with Crippen molar-refractivity contribution >= 4 is 68.6 Å². The molecule has 0 radical (unpaired) electrons. The number of rotatable bonds is 4. The second-order valence-electron chi connectivity index (χ2n) is 30.8. The molecule has 2 atom stereocenters. The molecule has 7 aromatic carbocycles. The van der Waals surface area contributed by atoms with Crippen LogP contribution in [0.25, 0.3) is 11.1 Å². The van der Waals surface area contributed by atoms with Gasteiger partial charge in [0.2, 0.25) is 0 Å². The second kappa shape index (κ2) is 17.0. The lowest BCUT2D eigenvalue weighted by Crippen LogP contribution is -2.62. The van der Waals surface area contributed by atoms with E-state index >= 15 is 0 Å². The summed E-state index contributed by atoms with van der Waals surface area (Å²) in [5, 5.41) is 0. The van der Waals surface area contributed by atoms with Gasteiger partial charge in [-0.3, -0.25) is 0 Å². The summed E-state index contributed by atoms with van der Waals surface area (Å²) in [5.41, 5.74) is 28.8. The van der Waals surface area contributed by atoms with Gasteiger partial charge in [-0.2, -0.15) is 0 Å². The standard InChI is InChI=1S/C75H88BN3/c1-47-39-65-67-66(40-47)78(61-31-25-49(68(2,3)4)41-53(61)48-23-19-18-20-24-48)63-44-52(79-62-32-26-50(69(5,6)7)42-58(62)74(16)33-21-22-34-75(74,79)17)28-30-59(63)76(67)60-45-56-57(73(14,15)38-37-72(56,12)13)46-64(60)77(65)51-27-29-54-55(43-51)71(10,11)36-35-70(54,8)9/h18-20,23-32,39-46H,21-22,33-38H2,1-17H3. The summed E-state index contributed by atoms with van der Waals surface area (Å²) in [6, 6.07) is 52.0. The topological polar surface area (TPSA) is 9.72 Å². The molecule has 0 aromatic heterocycles. The van der Waals surface area contributed by atoms with Crippen LogP contribution in [0.4, 0.5) is 45.5 Å². The Morgan fingerprint density at radius 1 is 0.405 bits per heavy atom. The van der Waals surface area contributed by atoms with E-state index in [4.69, 9.17) is 0 Å². The van der Waals surface area contributed by atoms with E-state index in [0.29, 0.717) is 0 Å². The molecule has 3 aliphatic heterocycles. The summed E-state index contributed by atoms with van der Waals surface area (Å²) in [7, 11) is 0. The third kappa shape index (κ3) is 7.70. The molecule has 0 bridgehead atoms. The molecular formula is C75H88BN3. The number of aryl methyl sites for hydroxylation is 1. The van der Waals surface area contributed by atoms with Crippen molar-refractivity contribution in [3.05, 3.63) is 172 Å². The van der Waals surface area contributed by atoms with E-state index in [0.717, 1.165) is 6.42 Å². The zero-order chi connectivity index (χ0) is 55.9. The van der Waals surface area contributed by atoms with Gasteiger partial charge >= 0.3 is 0 Å². The SMILES string of the molecule is Cc1cc2c3c(c1)N(c1ccc(C(C)(C)C)cc1-c1ccccc1)c1cc(N4c5ccc(C(C)(C)C)cc5C5(C)CCCCC45C)ccc1B3c1cc3c(cc1N2c1ccc2c(c1)C(C)(C)CCC2(C)C)C(C)(C)CCC3(C)C. The molecule has 1 fully saturated rings. The Bertz CT molecular complexity index is 3670. The molecule has 406 valence electrons. The van der Waals surface area contributed by atoms with Crippen molar-refractivity contribution in [3.8, 4) is 11.1 Å². The molecule has 3 heterocycles. The summed E-state index contributed by atoms with van der Waals surface area (Å²) in [6.45, 7) is 41.7. The zero-order valence-electron chi connectivity index (χ0n) is 51.2. The van der Waals surface area contributed by atoms with Crippen LogP contribution in [0.1, 0.15) is 207 Å². The minimum absolute atomic E-state index is 0.000977. The predicted octanol–water partition coefficient (Wildman–Crippen LogP) is 18.8. The van der Waals surface area contributed by atoms with E-state index in [9.17, 15) is 0 Å². The van der Waals surface area contributed by atoms with Gasteiger partial charge in [0.15, 0.2) is 0 Å². The van der Waals surface area contributed by atoms with Crippen molar-refractivity contribution in [2.75, 3.05) is 14.7 Å². The molecule has 0 saturated heterocycles. The first-order valence-corrected chi connectivity index (χ1v) is 30.4. The van der Waals surface area contributed by atoms with Crippen LogP contribution >= 0.6 is 0 Å². The fraction of sp³-hybridized carbons (Fsp3) is 0.440. The number of hydrogen-bond acceptors (Lipinski definition) is 3. The van der Waals surface area contributed by atoms with Gasteiger partial charge < -0.3 is 14.7 Å². The van der Waals surface area contributed by atoms with Crippen LogP contribution in [-0.4, -0.2) is 12.3 Å². The highest BCUT2D eigenvalue weighted by atomic mass is 15.3. The Morgan fingerprint density at radius 2 is 0.949 bits per heavy atom. The van der Waals surface area contributed by atoms with Crippen molar-refractivity contribution in [2.45, 2.75) is 213 Å². The highest BCUT2D eigenvalue weighted by Crippen LogP contribution is 2.62.